The standard InChI is InChI=1S/C23H22ClFN2O4/c24-18-7-8-19(25)20(14-18)26-21(28)15-31-23(30)17-10-12-27(13-11-17)22(29)9-6-16-4-2-1-3-5-16/h1-9,14,17H,10-13,15H2,(H,26,28)/b9-6+. The summed E-state index contributed by atoms with van der Waals surface area (Å²) in [4.78, 5) is 38.2. The highest BCUT2D eigenvalue weighted by molar-refractivity contribution is 6.30. The van der Waals surface area contributed by atoms with Crippen LogP contribution in [0, 0.1) is 11.7 Å². The van der Waals surface area contributed by atoms with Crippen molar-refractivity contribution < 1.29 is 23.5 Å². The minimum absolute atomic E-state index is 0.0797. The number of benzene rings is 2. The van der Waals surface area contributed by atoms with Crippen LogP contribution in [0.4, 0.5) is 10.1 Å². The summed E-state index contributed by atoms with van der Waals surface area (Å²) in [7, 11) is 0. The Morgan fingerprint density at radius 3 is 2.55 bits per heavy atom. The molecular weight excluding hydrogens is 423 g/mol. The van der Waals surface area contributed by atoms with E-state index < -0.39 is 30.2 Å². The van der Waals surface area contributed by atoms with Gasteiger partial charge in [0.25, 0.3) is 5.91 Å². The van der Waals surface area contributed by atoms with Gasteiger partial charge in [-0.15, -0.1) is 0 Å². The van der Waals surface area contributed by atoms with E-state index in [0.29, 0.717) is 25.9 Å². The van der Waals surface area contributed by atoms with Gasteiger partial charge in [-0.05, 0) is 42.7 Å². The fourth-order valence-electron chi connectivity index (χ4n) is 3.21. The van der Waals surface area contributed by atoms with Crippen LogP contribution < -0.4 is 5.32 Å². The van der Waals surface area contributed by atoms with Gasteiger partial charge >= 0.3 is 5.97 Å². The number of anilines is 1. The Kier molecular flexibility index (Phi) is 7.78. The van der Waals surface area contributed by atoms with E-state index in [2.05, 4.69) is 5.32 Å². The molecule has 3 rings (SSSR count). The summed E-state index contributed by atoms with van der Waals surface area (Å²) < 4.78 is 18.7. The number of nitrogens with one attached hydrogen (secondary N) is 1. The number of amides is 2. The molecule has 1 heterocycles. The van der Waals surface area contributed by atoms with Crippen molar-refractivity contribution in [3.05, 3.63) is 71.0 Å². The molecule has 0 radical (unpaired) electrons. The lowest BCUT2D eigenvalue weighted by Crippen LogP contribution is -2.40. The van der Waals surface area contributed by atoms with E-state index in [1.807, 2.05) is 30.3 Å². The van der Waals surface area contributed by atoms with Gasteiger partial charge in [0.05, 0.1) is 11.6 Å². The van der Waals surface area contributed by atoms with Gasteiger partial charge in [0.15, 0.2) is 6.61 Å². The Hall–Kier alpha value is -3.19. The molecule has 2 aromatic carbocycles. The Labute approximate surface area is 184 Å². The molecule has 1 aliphatic rings. The molecule has 1 N–H and O–H groups in total. The number of ether oxygens (including phenoxy) is 1. The second-order valence-corrected chi connectivity index (χ2v) is 7.56. The number of rotatable bonds is 6. The highest BCUT2D eigenvalue weighted by Crippen LogP contribution is 2.21. The molecule has 1 fully saturated rings. The summed E-state index contributed by atoms with van der Waals surface area (Å²) in [5.41, 5.74) is 0.856. The summed E-state index contributed by atoms with van der Waals surface area (Å²) in [5.74, 6) is -2.30. The van der Waals surface area contributed by atoms with Gasteiger partial charge in [0.2, 0.25) is 5.91 Å². The van der Waals surface area contributed by atoms with E-state index >= 15 is 0 Å². The van der Waals surface area contributed by atoms with Gasteiger partial charge in [-0.25, -0.2) is 4.39 Å². The first-order valence-electron chi connectivity index (χ1n) is 9.86. The van der Waals surface area contributed by atoms with Crippen molar-refractivity contribution >= 4 is 41.1 Å². The number of piperidine rings is 1. The average Bonchev–Trinajstić information content (AvgIpc) is 2.79. The van der Waals surface area contributed by atoms with Gasteiger partial charge in [-0.2, -0.15) is 0 Å². The zero-order chi connectivity index (χ0) is 22.2. The highest BCUT2D eigenvalue weighted by atomic mass is 35.5. The van der Waals surface area contributed by atoms with E-state index in [1.54, 1.807) is 11.0 Å². The third kappa shape index (κ3) is 6.65. The molecule has 0 bridgehead atoms. The van der Waals surface area contributed by atoms with Crippen LogP contribution >= 0.6 is 11.6 Å². The van der Waals surface area contributed by atoms with E-state index in [1.165, 1.54) is 18.2 Å². The molecule has 2 amide bonds. The molecule has 0 aliphatic carbocycles. The molecule has 0 unspecified atom stereocenters. The molecule has 8 heteroatoms. The van der Waals surface area contributed by atoms with Crippen molar-refractivity contribution in [2.24, 2.45) is 5.92 Å². The number of hydrogen-bond donors (Lipinski definition) is 1. The van der Waals surface area contributed by atoms with Gasteiger partial charge in [0.1, 0.15) is 5.82 Å². The molecule has 0 saturated carbocycles. The number of hydrogen-bond acceptors (Lipinski definition) is 4. The minimum atomic E-state index is -0.659. The lowest BCUT2D eigenvalue weighted by molar-refractivity contribution is -0.153. The first-order valence-corrected chi connectivity index (χ1v) is 10.2. The van der Waals surface area contributed by atoms with E-state index in [4.69, 9.17) is 16.3 Å². The third-order valence-corrected chi connectivity index (χ3v) is 5.14. The van der Waals surface area contributed by atoms with Crippen molar-refractivity contribution in [2.45, 2.75) is 12.8 Å². The third-order valence-electron chi connectivity index (χ3n) is 4.91. The van der Waals surface area contributed by atoms with E-state index in [9.17, 15) is 18.8 Å². The first-order chi connectivity index (χ1) is 14.9. The maximum Gasteiger partial charge on any atom is 0.309 e. The van der Waals surface area contributed by atoms with Gasteiger partial charge in [-0.3, -0.25) is 14.4 Å². The quantitative estimate of drug-likeness (QED) is 0.541. The Bertz CT molecular complexity index is 973. The van der Waals surface area contributed by atoms with Gasteiger partial charge in [-0.1, -0.05) is 41.9 Å². The number of carbonyl (C=O) groups is 3. The molecule has 0 aromatic heterocycles. The number of likely N-dealkylation sites (tertiary alicyclic amines) is 1. The maximum atomic E-state index is 13.7. The summed E-state index contributed by atoms with van der Waals surface area (Å²) in [6.45, 7) is 0.332. The Morgan fingerprint density at radius 1 is 1.13 bits per heavy atom. The van der Waals surface area contributed by atoms with Crippen molar-refractivity contribution in [3.8, 4) is 0 Å². The number of carbonyl (C=O) groups excluding carboxylic acids is 3. The van der Waals surface area contributed by atoms with Crippen LogP contribution in [0.25, 0.3) is 6.08 Å². The summed E-state index contributed by atoms with van der Waals surface area (Å²) in [5, 5.41) is 2.59. The van der Waals surface area contributed by atoms with Crippen molar-refractivity contribution in [1.29, 1.82) is 0 Å². The Balaban J connectivity index is 1.41. The summed E-state index contributed by atoms with van der Waals surface area (Å²) in [6, 6.07) is 13.3. The Morgan fingerprint density at radius 2 is 1.84 bits per heavy atom. The van der Waals surface area contributed by atoms with Gasteiger partial charge in [0, 0.05) is 24.2 Å². The molecule has 1 saturated heterocycles. The average molecular weight is 445 g/mol. The van der Waals surface area contributed by atoms with Crippen LogP contribution in [0.1, 0.15) is 18.4 Å². The molecule has 0 atom stereocenters. The van der Waals surface area contributed by atoms with E-state index in [0.717, 1.165) is 11.6 Å². The molecule has 1 aliphatic heterocycles. The molecule has 6 nitrogen and oxygen atoms in total. The zero-order valence-corrected chi connectivity index (χ0v) is 17.5. The number of nitrogens with zero attached hydrogens (tertiary/aromatic N) is 1. The molecule has 162 valence electrons. The van der Waals surface area contributed by atoms with Crippen LogP contribution in [0.3, 0.4) is 0 Å². The minimum Gasteiger partial charge on any atom is -0.455 e. The van der Waals surface area contributed by atoms with Gasteiger partial charge < -0.3 is 15.0 Å². The SMILES string of the molecule is O=C(COC(=O)C1CCN(C(=O)/C=C/c2ccccc2)CC1)Nc1cc(Cl)ccc1F. The monoisotopic (exact) mass is 444 g/mol. The molecular formula is C23H22ClFN2O4. The lowest BCUT2D eigenvalue weighted by Gasteiger charge is -2.30. The largest absolute Gasteiger partial charge is 0.455 e. The predicted molar refractivity (Wildman–Crippen MR) is 116 cm³/mol. The van der Waals surface area contributed by atoms with Crippen LogP contribution in [-0.2, 0) is 19.1 Å². The fourth-order valence-corrected chi connectivity index (χ4v) is 3.38. The van der Waals surface area contributed by atoms with Crippen LogP contribution in [0.5, 0.6) is 0 Å². The topological polar surface area (TPSA) is 75.7 Å². The first kappa shape index (κ1) is 22.5. The maximum absolute atomic E-state index is 13.7. The molecule has 31 heavy (non-hydrogen) atoms. The number of esters is 1. The highest BCUT2D eigenvalue weighted by Gasteiger charge is 2.28. The van der Waals surface area contributed by atoms with Crippen molar-refractivity contribution in [1.82, 2.24) is 4.90 Å². The smallest absolute Gasteiger partial charge is 0.309 e. The second kappa shape index (κ2) is 10.7. The van der Waals surface area contributed by atoms with Crippen molar-refractivity contribution in [3.63, 3.8) is 0 Å². The second-order valence-electron chi connectivity index (χ2n) is 7.12. The summed E-state index contributed by atoms with van der Waals surface area (Å²) in [6.07, 6.45) is 4.18. The zero-order valence-electron chi connectivity index (χ0n) is 16.7. The lowest BCUT2D eigenvalue weighted by atomic mass is 9.97. The van der Waals surface area contributed by atoms with Crippen molar-refractivity contribution in [2.75, 3.05) is 25.0 Å². The van der Waals surface area contributed by atoms with E-state index in [-0.39, 0.29) is 16.6 Å². The predicted octanol–water partition coefficient (Wildman–Crippen LogP) is 3.91. The van der Waals surface area contributed by atoms with Crippen LogP contribution in [0.2, 0.25) is 5.02 Å². The summed E-state index contributed by atoms with van der Waals surface area (Å²) >= 11 is 5.78. The van der Waals surface area contributed by atoms with Crippen LogP contribution in [-0.4, -0.2) is 42.4 Å². The molecule has 0 spiro atoms. The normalized spacial score (nSPS) is 14.5. The van der Waals surface area contributed by atoms with Crippen LogP contribution in [0.15, 0.2) is 54.6 Å². The molecule has 2 aromatic rings. The number of halogens is 2. The fraction of sp³-hybridized carbons (Fsp3) is 0.261.